The Kier molecular flexibility index (Phi) is 5.85. The van der Waals surface area contributed by atoms with Crippen LogP contribution in [0.4, 0.5) is 0 Å². The molecule has 0 spiro atoms. The van der Waals surface area contributed by atoms with Crippen LogP contribution in [0.5, 0.6) is 0 Å². The van der Waals surface area contributed by atoms with Crippen molar-refractivity contribution in [2.45, 2.75) is 20.8 Å². The van der Waals surface area contributed by atoms with Crippen molar-refractivity contribution in [3.05, 3.63) is 36.5 Å². The van der Waals surface area contributed by atoms with Crippen molar-refractivity contribution in [3.63, 3.8) is 0 Å². The summed E-state index contributed by atoms with van der Waals surface area (Å²) >= 11 is 0. The van der Waals surface area contributed by atoms with Crippen LogP contribution in [0.25, 0.3) is 0 Å². The van der Waals surface area contributed by atoms with Crippen LogP contribution in [-0.4, -0.2) is 0 Å². The van der Waals surface area contributed by atoms with Crippen molar-refractivity contribution >= 4 is 0 Å². The zero-order valence-corrected chi connectivity index (χ0v) is 7.04. The van der Waals surface area contributed by atoms with E-state index in [1.807, 2.05) is 31.2 Å². The molecule has 10 heavy (non-hydrogen) atoms. The van der Waals surface area contributed by atoms with Crippen LogP contribution < -0.4 is 0 Å². The number of rotatable bonds is 3. The molecule has 0 aliphatic heterocycles. The first-order chi connectivity index (χ1) is 4.77. The molecule has 0 aliphatic rings. The third-order valence-electron chi connectivity index (χ3n) is 1.02. The third-order valence-corrected chi connectivity index (χ3v) is 1.02. The van der Waals surface area contributed by atoms with Crippen molar-refractivity contribution < 1.29 is 0 Å². The van der Waals surface area contributed by atoms with Crippen LogP contribution in [0, 0.1) is 5.92 Å². The largest absolute Gasteiger partial charge is 0.0877 e. The van der Waals surface area contributed by atoms with Gasteiger partial charge in [-0.3, -0.25) is 0 Å². The molecule has 0 saturated heterocycles. The topological polar surface area (TPSA) is 0 Å². The molecule has 0 nitrogen and oxygen atoms in total. The molecule has 0 atom stereocenters. The van der Waals surface area contributed by atoms with Crippen LogP contribution in [0.15, 0.2) is 36.5 Å². The fourth-order valence-electron chi connectivity index (χ4n) is 0.526. The lowest BCUT2D eigenvalue weighted by Crippen LogP contribution is -1.74. The summed E-state index contributed by atoms with van der Waals surface area (Å²) in [6, 6.07) is 0. The molecule has 0 amide bonds. The first-order valence-electron chi connectivity index (χ1n) is 3.73. The molecule has 0 N–H and O–H groups in total. The summed E-state index contributed by atoms with van der Waals surface area (Å²) in [6.45, 7) is 6.34. The fourth-order valence-corrected chi connectivity index (χ4v) is 0.526. The molecule has 0 heteroatoms. The van der Waals surface area contributed by atoms with Gasteiger partial charge in [-0.1, -0.05) is 50.3 Å². The maximum absolute atomic E-state index is 2.17. The van der Waals surface area contributed by atoms with E-state index in [9.17, 15) is 0 Å². The van der Waals surface area contributed by atoms with Gasteiger partial charge in [-0.2, -0.15) is 0 Å². The molecule has 0 aliphatic carbocycles. The Labute approximate surface area is 64.0 Å². The summed E-state index contributed by atoms with van der Waals surface area (Å²) in [5, 5.41) is 0. The predicted octanol–water partition coefficient (Wildman–Crippen LogP) is 3.33. The van der Waals surface area contributed by atoms with Gasteiger partial charge in [-0.05, 0) is 12.8 Å². The zero-order valence-electron chi connectivity index (χ0n) is 7.04. The molecule has 0 unspecified atom stereocenters. The first-order valence-corrected chi connectivity index (χ1v) is 3.73. The lowest BCUT2D eigenvalue weighted by molar-refractivity contribution is 0.832. The van der Waals surface area contributed by atoms with Crippen LogP contribution in [0.1, 0.15) is 20.8 Å². The van der Waals surface area contributed by atoms with Crippen molar-refractivity contribution in [3.8, 4) is 0 Å². The van der Waals surface area contributed by atoms with E-state index in [1.54, 1.807) is 0 Å². The van der Waals surface area contributed by atoms with E-state index in [2.05, 4.69) is 26.0 Å². The maximum atomic E-state index is 2.17. The Morgan fingerprint density at radius 2 is 1.50 bits per heavy atom. The Balaban J connectivity index is 3.51. The molecule has 0 fully saturated rings. The van der Waals surface area contributed by atoms with Crippen LogP contribution in [0.2, 0.25) is 0 Å². The Morgan fingerprint density at radius 3 is 2.00 bits per heavy atom. The molecule has 0 radical (unpaired) electrons. The lowest BCUT2D eigenvalue weighted by Gasteiger charge is -1.88. The quantitative estimate of drug-likeness (QED) is 0.522. The van der Waals surface area contributed by atoms with Crippen LogP contribution in [-0.2, 0) is 0 Å². The summed E-state index contributed by atoms with van der Waals surface area (Å²) in [5.41, 5.74) is 0. The van der Waals surface area contributed by atoms with E-state index in [-0.39, 0.29) is 0 Å². The monoisotopic (exact) mass is 136 g/mol. The minimum atomic E-state index is 0.648. The number of hydrogen-bond donors (Lipinski definition) is 0. The van der Waals surface area contributed by atoms with E-state index >= 15 is 0 Å². The Bertz CT molecular complexity index is 136. The summed E-state index contributed by atoms with van der Waals surface area (Å²) in [4.78, 5) is 0. The van der Waals surface area contributed by atoms with Gasteiger partial charge in [0.25, 0.3) is 0 Å². The van der Waals surface area contributed by atoms with E-state index in [1.165, 1.54) is 0 Å². The lowest BCUT2D eigenvalue weighted by atomic mass is 10.2. The van der Waals surface area contributed by atoms with Gasteiger partial charge >= 0.3 is 0 Å². The molecule has 0 rings (SSSR count). The van der Waals surface area contributed by atoms with Gasteiger partial charge in [0.1, 0.15) is 0 Å². The number of allylic oxidation sites excluding steroid dienone is 6. The zero-order chi connectivity index (χ0) is 7.82. The average molecular weight is 136 g/mol. The minimum absolute atomic E-state index is 0.648. The molecular formula is C10H16. The van der Waals surface area contributed by atoms with Crippen molar-refractivity contribution in [1.82, 2.24) is 0 Å². The van der Waals surface area contributed by atoms with Gasteiger partial charge in [0.2, 0.25) is 0 Å². The number of hydrogen-bond acceptors (Lipinski definition) is 0. The molecule has 0 aromatic carbocycles. The summed E-state index contributed by atoms with van der Waals surface area (Å²) in [7, 11) is 0. The van der Waals surface area contributed by atoms with Crippen molar-refractivity contribution in [1.29, 1.82) is 0 Å². The minimum Gasteiger partial charge on any atom is -0.0877 e. The molecule has 0 aromatic rings. The molecule has 0 heterocycles. The highest BCUT2D eigenvalue weighted by molar-refractivity contribution is 5.10. The molecule has 0 bridgehead atoms. The van der Waals surface area contributed by atoms with E-state index in [4.69, 9.17) is 0 Å². The van der Waals surface area contributed by atoms with Crippen LogP contribution in [0.3, 0.4) is 0 Å². The van der Waals surface area contributed by atoms with Gasteiger partial charge < -0.3 is 0 Å². The highest BCUT2D eigenvalue weighted by Gasteiger charge is 1.78. The Morgan fingerprint density at radius 1 is 0.900 bits per heavy atom. The summed E-state index contributed by atoms with van der Waals surface area (Å²) < 4.78 is 0. The summed E-state index contributed by atoms with van der Waals surface area (Å²) in [6.07, 6.45) is 12.3. The second-order valence-electron chi connectivity index (χ2n) is 2.54. The Hall–Kier alpha value is -0.780. The van der Waals surface area contributed by atoms with Crippen molar-refractivity contribution in [2.24, 2.45) is 5.92 Å². The highest BCUT2D eigenvalue weighted by atomic mass is 13.8. The smallest absolute Gasteiger partial charge is 0.0287 e. The molecule has 0 aromatic heterocycles. The van der Waals surface area contributed by atoms with Gasteiger partial charge in [0.15, 0.2) is 0 Å². The fraction of sp³-hybridized carbons (Fsp3) is 0.400. The maximum Gasteiger partial charge on any atom is -0.0287 e. The third kappa shape index (κ3) is 7.22. The standard InChI is InChI=1S/C10H16/c1-4-5-6-7-8-9-10(2)3/h4-10H,1-3H3/b5-4+,7-6+,9-8+. The molecule has 0 saturated carbocycles. The molecular weight excluding hydrogens is 120 g/mol. The van der Waals surface area contributed by atoms with Gasteiger partial charge in [-0.15, -0.1) is 0 Å². The van der Waals surface area contributed by atoms with Crippen LogP contribution >= 0.6 is 0 Å². The van der Waals surface area contributed by atoms with Gasteiger partial charge in [0.05, 0.1) is 0 Å². The van der Waals surface area contributed by atoms with Gasteiger partial charge in [0, 0.05) is 0 Å². The SMILES string of the molecule is C/C=C/C=C/C=C/C(C)C. The second kappa shape index (κ2) is 6.34. The van der Waals surface area contributed by atoms with E-state index in [0.29, 0.717) is 5.92 Å². The van der Waals surface area contributed by atoms with E-state index < -0.39 is 0 Å². The van der Waals surface area contributed by atoms with E-state index in [0.717, 1.165) is 0 Å². The molecule has 56 valence electrons. The van der Waals surface area contributed by atoms with Crippen molar-refractivity contribution in [2.75, 3.05) is 0 Å². The highest BCUT2D eigenvalue weighted by Crippen LogP contribution is 1.93. The van der Waals surface area contributed by atoms with Gasteiger partial charge in [-0.25, -0.2) is 0 Å². The average Bonchev–Trinajstić information content (AvgIpc) is 1.87. The first kappa shape index (κ1) is 9.22. The normalized spacial score (nSPS) is 13.2. The summed E-state index contributed by atoms with van der Waals surface area (Å²) in [5.74, 6) is 0.648. The second-order valence-corrected chi connectivity index (χ2v) is 2.54. The predicted molar refractivity (Wildman–Crippen MR) is 47.9 cm³/mol.